The van der Waals surface area contributed by atoms with Gasteiger partial charge in [-0.2, -0.15) is 0 Å². The molecule has 1 aliphatic heterocycles. The number of fused-ring (bicyclic) bond motifs is 1. The number of nitrogens with zero attached hydrogens (tertiary/aromatic N) is 1. The zero-order valence-corrected chi connectivity index (χ0v) is 13.5. The molecule has 2 nitrogen and oxygen atoms in total. The second-order valence-corrected chi connectivity index (χ2v) is 8.35. The fourth-order valence-corrected chi connectivity index (χ4v) is 4.64. The lowest BCUT2D eigenvalue weighted by atomic mass is 9.63. The number of nitrogens with one attached hydrogen (secondary N) is 1. The molecule has 0 spiro atoms. The molecule has 1 aliphatic carbocycles. The molecule has 0 radical (unpaired) electrons. The minimum Gasteiger partial charge on any atom is -0.349 e. The third kappa shape index (κ3) is 2.70. The van der Waals surface area contributed by atoms with Gasteiger partial charge in [0.2, 0.25) is 0 Å². The van der Waals surface area contributed by atoms with Gasteiger partial charge in [0.15, 0.2) is 0 Å². The van der Waals surface area contributed by atoms with Crippen LogP contribution in [0.25, 0.3) is 0 Å². The van der Waals surface area contributed by atoms with E-state index in [0.717, 1.165) is 30.5 Å². The molecule has 1 saturated carbocycles. The molecule has 0 saturated heterocycles. The van der Waals surface area contributed by atoms with E-state index >= 15 is 0 Å². The summed E-state index contributed by atoms with van der Waals surface area (Å²) in [6, 6.07) is 5.23. The van der Waals surface area contributed by atoms with Crippen LogP contribution in [0.1, 0.15) is 58.1 Å². The Morgan fingerprint density at radius 2 is 1.76 bits per heavy atom. The van der Waals surface area contributed by atoms with Crippen LogP contribution >= 0.6 is 0 Å². The Balaban J connectivity index is 1.88. The average Bonchev–Trinajstić information content (AvgIpc) is 2.63. The van der Waals surface area contributed by atoms with Crippen molar-refractivity contribution < 1.29 is 4.39 Å². The maximum absolute atomic E-state index is 13.4. The Morgan fingerprint density at radius 3 is 2.38 bits per heavy atom. The standard InChI is InChI=1S/C18H25FN2/c1-17(2)8-14(9-18(3,4)11-17)21-10-12-5-6-13(19)7-15(12)16(21)20/h5-7,14,20H,8-11H2,1-4H3. The number of amidine groups is 1. The monoisotopic (exact) mass is 288 g/mol. The van der Waals surface area contributed by atoms with Crippen molar-refractivity contribution in [1.29, 1.82) is 5.41 Å². The third-order valence-corrected chi connectivity index (χ3v) is 4.93. The van der Waals surface area contributed by atoms with Gasteiger partial charge in [-0.15, -0.1) is 0 Å². The van der Waals surface area contributed by atoms with Crippen LogP contribution in [0.2, 0.25) is 0 Å². The summed E-state index contributed by atoms with van der Waals surface area (Å²) in [6.07, 6.45) is 3.43. The van der Waals surface area contributed by atoms with Crippen molar-refractivity contribution in [2.45, 2.75) is 59.5 Å². The second kappa shape index (κ2) is 4.56. The van der Waals surface area contributed by atoms with Gasteiger partial charge in [-0.1, -0.05) is 33.8 Å². The molecule has 21 heavy (non-hydrogen) atoms. The minimum absolute atomic E-state index is 0.246. The van der Waals surface area contributed by atoms with E-state index in [1.165, 1.54) is 18.6 Å². The van der Waals surface area contributed by atoms with Crippen molar-refractivity contribution >= 4 is 5.84 Å². The highest BCUT2D eigenvalue weighted by molar-refractivity contribution is 6.00. The molecule has 114 valence electrons. The molecule has 0 bridgehead atoms. The van der Waals surface area contributed by atoms with Gasteiger partial charge in [-0.25, -0.2) is 4.39 Å². The van der Waals surface area contributed by atoms with Crippen molar-refractivity contribution in [3.8, 4) is 0 Å². The predicted molar refractivity (Wildman–Crippen MR) is 84.0 cm³/mol. The lowest BCUT2D eigenvalue weighted by molar-refractivity contribution is 0.0510. The molecule has 1 N–H and O–H groups in total. The van der Waals surface area contributed by atoms with Crippen LogP contribution in [-0.4, -0.2) is 16.8 Å². The zero-order chi connectivity index (χ0) is 15.4. The lowest BCUT2D eigenvalue weighted by Crippen LogP contribution is -2.46. The number of hydrogen-bond acceptors (Lipinski definition) is 1. The summed E-state index contributed by atoms with van der Waals surface area (Å²) < 4.78 is 13.4. The Kier molecular flexibility index (Phi) is 3.16. The number of hydrogen-bond donors (Lipinski definition) is 1. The molecule has 0 atom stereocenters. The van der Waals surface area contributed by atoms with Crippen LogP contribution in [0.4, 0.5) is 4.39 Å². The van der Waals surface area contributed by atoms with Crippen LogP contribution < -0.4 is 0 Å². The molecular formula is C18H25FN2. The summed E-state index contributed by atoms with van der Waals surface area (Å²) in [6.45, 7) is 10.1. The highest BCUT2D eigenvalue weighted by Crippen LogP contribution is 2.48. The number of benzene rings is 1. The van der Waals surface area contributed by atoms with Crippen molar-refractivity contribution in [2.75, 3.05) is 0 Å². The molecule has 1 heterocycles. The fourth-order valence-electron chi connectivity index (χ4n) is 4.64. The summed E-state index contributed by atoms with van der Waals surface area (Å²) in [5.74, 6) is 0.257. The van der Waals surface area contributed by atoms with E-state index in [-0.39, 0.29) is 5.82 Å². The first-order chi connectivity index (χ1) is 9.67. The van der Waals surface area contributed by atoms with Crippen molar-refractivity contribution in [1.82, 2.24) is 4.90 Å². The van der Waals surface area contributed by atoms with Gasteiger partial charge in [-0.05, 0) is 47.8 Å². The molecule has 0 aromatic heterocycles. The van der Waals surface area contributed by atoms with Gasteiger partial charge in [0, 0.05) is 18.2 Å². The first-order valence-corrected chi connectivity index (χ1v) is 7.81. The summed E-state index contributed by atoms with van der Waals surface area (Å²) in [4.78, 5) is 2.19. The highest BCUT2D eigenvalue weighted by Gasteiger charge is 2.42. The SMILES string of the molecule is CC1(C)CC(N2Cc3ccc(F)cc3C2=N)CC(C)(C)C1. The molecule has 0 amide bonds. The van der Waals surface area contributed by atoms with Crippen molar-refractivity contribution in [3.63, 3.8) is 0 Å². The topological polar surface area (TPSA) is 27.1 Å². The fraction of sp³-hybridized carbons (Fsp3) is 0.611. The van der Waals surface area contributed by atoms with Crippen LogP contribution in [0.15, 0.2) is 18.2 Å². The Morgan fingerprint density at radius 1 is 1.14 bits per heavy atom. The maximum Gasteiger partial charge on any atom is 0.129 e. The van der Waals surface area contributed by atoms with Gasteiger partial charge in [0.05, 0.1) is 0 Å². The number of halogens is 1. The van der Waals surface area contributed by atoms with E-state index in [2.05, 4.69) is 32.6 Å². The molecule has 0 unspecified atom stereocenters. The van der Waals surface area contributed by atoms with E-state index < -0.39 is 0 Å². The molecule has 1 aromatic carbocycles. The molecule has 2 aliphatic rings. The van der Waals surface area contributed by atoms with E-state index in [0.29, 0.717) is 22.7 Å². The quantitative estimate of drug-likeness (QED) is 0.805. The van der Waals surface area contributed by atoms with Gasteiger partial charge >= 0.3 is 0 Å². The van der Waals surface area contributed by atoms with Crippen LogP contribution in [0, 0.1) is 22.1 Å². The van der Waals surface area contributed by atoms with Crippen LogP contribution in [0.3, 0.4) is 0 Å². The smallest absolute Gasteiger partial charge is 0.129 e. The normalized spacial score (nSPS) is 24.2. The van der Waals surface area contributed by atoms with E-state index in [1.54, 1.807) is 0 Å². The van der Waals surface area contributed by atoms with Crippen LogP contribution in [-0.2, 0) is 6.54 Å². The minimum atomic E-state index is -0.246. The highest BCUT2D eigenvalue weighted by atomic mass is 19.1. The largest absolute Gasteiger partial charge is 0.349 e. The molecule has 1 fully saturated rings. The Hall–Kier alpha value is -1.38. The molecule has 3 rings (SSSR count). The van der Waals surface area contributed by atoms with Gasteiger partial charge in [0.1, 0.15) is 11.7 Å². The molecular weight excluding hydrogens is 263 g/mol. The first kappa shape index (κ1) is 14.6. The van der Waals surface area contributed by atoms with Crippen molar-refractivity contribution in [2.24, 2.45) is 10.8 Å². The zero-order valence-electron chi connectivity index (χ0n) is 13.5. The molecule has 1 aromatic rings. The number of rotatable bonds is 1. The average molecular weight is 288 g/mol. The van der Waals surface area contributed by atoms with E-state index in [4.69, 9.17) is 5.41 Å². The summed E-state index contributed by atoms with van der Waals surface area (Å²) >= 11 is 0. The van der Waals surface area contributed by atoms with Gasteiger partial charge in [-0.3, -0.25) is 5.41 Å². The summed E-state index contributed by atoms with van der Waals surface area (Å²) in [7, 11) is 0. The van der Waals surface area contributed by atoms with Gasteiger partial charge < -0.3 is 4.90 Å². The Bertz CT molecular complexity index is 573. The van der Waals surface area contributed by atoms with Crippen molar-refractivity contribution in [3.05, 3.63) is 35.1 Å². The predicted octanol–water partition coefficient (Wildman–Crippen LogP) is 4.57. The van der Waals surface area contributed by atoms with Gasteiger partial charge in [0.25, 0.3) is 0 Å². The van der Waals surface area contributed by atoms with Crippen LogP contribution in [0.5, 0.6) is 0 Å². The van der Waals surface area contributed by atoms with E-state index in [1.807, 2.05) is 6.07 Å². The second-order valence-electron chi connectivity index (χ2n) is 8.35. The molecule has 3 heteroatoms. The summed E-state index contributed by atoms with van der Waals surface area (Å²) in [5.41, 5.74) is 2.46. The lowest BCUT2D eigenvalue weighted by Gasteiger charge is -2.48. The first-order valence-electron chi connectivity index (χ1n) is 7.81. The van der Waals surface area contributed by atoms with E-state index in [9.17, 15) is 4.39 Å². The Labute approximate surface area is 126 Å². The summed E-state index contributed by atoms with van der Waals surface area (Å²) in [5, 5.41) is 8.44. The maximum atomic E-state index is 13.4. The third-order valence-electron chi connectivity index (χ3n) is 4.93.